The molecule has 1 saturated heterocycles. The maximum atomic E-state index is 14.1. The molecule has 0 radical (unpaired) electrons. The minimum Gasteiger partial charge on any atom is -0.317 e. The second-order valence-electron chi connectivity index (χ2n) is 7.31. The van der Waals surface area contributed by atoms with Crippen LogP contribution in [0.3, 0.4) is 0 Å². The molecule has 1 N–H and O–H groups in total. The van der Waals surface area contributed by atoms with Gasteiger partial charge in [0.05, 0.1) is 23.8 Å². The average Bonchev–Trinajstić information content (AvgIpc) is 3.52. The quantitative estimate of drug-likeness (QED) is 0.539. The SMILES string of the molecule is C#C.C=Cc1cnn2ccc(N3CCCN3c3cc(F)cnc3CCC(C)NC)nc12.CC. The summed E-state index contributed by atoms with van der Waals surface area (Å²) in [7, 11) is 1.95. The summed E-state index contributed by atoms with van der Waals surface area (Å²) in [5.74, 6) is 0.475. The van der Waals surface area contributed by atoms with Crippen LogP contribution in [0.25, 0.3) is 11.7 Å². The van der Waals surface area contributed by atoms with Gasteiger partial charge in [0.25, 0.3) is 0 Å². The summed E-state index contributed by atoms with van der Waals surface area (Å²) in [4.78, 5) is 9.20. The van der Waals surface area contributed by atoms with Crippen LogP contribution in [0.5, 0.6) is 0 Å². The Balaban J connectivity index is 0.000000914. The van der Waals surface area contributed by atoms with Crippen molar-refractivity contribution in [2.75, 3.05) is 30.2 Å². The smallest absolute Gasteiger partial charge is 0.164 e. The van der Waals surface area contributed by atoms with Crippen LogP contribution in [0.1, 0.15) is 44.9 Å². The van der Waals surface area contributed by atoms with Gasteiger partial charge in [-0.25, -0.2) is 13.9 Å². The molecular weight excluding hydrogens is 417 g/mol. The molecule has 0 aromatic carbocycles. The first-order chi connectivity index (χ1) is 16.1. The summed E-state index contributed by atoms with van der Waals surface area (Å²) in [6, 6.07) is 3.88. The molecule has 1 aliphatic rings. The normalized spacial score (nSPS) is 13.7. The number of nitrogens with one attached hydrogen (secondary N) is 1. The number of nitrogens with zero attached hydrogens (tertiary/aromatic N) is 6. The zero-order valence-corrected chi connectivity index (χ0v) is 20.0. The number of anilines is 2. The molecule has 8 heteroatoms. The molecule has 4 heterocycles. The molecule has 3 aromatic heterocycles. The van der Waals surface area contributed by atoms with Crippen molar-refractivity contribution in [3.05, 3.63) is 54.4 Å². The van der Waals surface area contributed by atoms with E-state index in [1.807, 2.05) is 33.2 Å². The summed E-state index contributed by atoms with van der Waals surface area (Å²) in [5.41, 5.74) is 3.35. The molecule has 33 heavy (non-hydrogen) atoms. The van der Waals surface area contributed by atoms with E-state index in [9.17, 15) is 4.39 Å². The van der Waals surface area contributed by atoms with E-state index >= 15 is 0 Å². The molecule has 0 bridgehead atoms. The van der Waals surface area contributed by atoms with E-state index in [0.29, 0.717) is 6.04 Å². The van der Waals surface area contributed by atoms with Crippen molar-refractivity contribution in [1.29, 1.82) is 0 Å². The Bertz CT molecular complexity index is 1060. The highest BCUT2D eigenvalue weighted by Gasteiger charge is 2.27. The van der Waals surface area contributed by atoms with Gasteiger partial charge in [0.2, 0.25) is 0 Å². The number of terminal acetylenes is 1. The van der Waals surface area contributed by atoms with Gasteiger partial charge in [-0.15, -0.1) is 12.8 Å². The summed E-state index contributed by atoms with van der Waals surface area (Å²) in [6.45, 7) is 11.6. The molecule has 7 nitrogen and oxygen atoms in total. The average molecular weight is 452 g/mol. The van der Waals surface area contributed by atoms with E-state index in [1.54, 1.807) is 22.9 Å². The lowest BCUT2D eigenvalue weighted by Crippen LogP contribution is -2.38. The van der Waals surface area contributed by atoms with Crippen molar-refractivity contribution in [3.63, 3.8) is 0 Å². The van der Waals surface area contributed by atoms with Crippen molar-refractivity contribution in [2.24, 2.45) is 0 Å². The monoisotopic (exact) mass is 451 g/mol. The van der Waals surface area contributed by atoms with Crippen LogP contribution in [-0.2, 0) is 6.42 Å². The fourth-order valence-electron chi connectivity index (χ4n) is 3.64. The van der Waals surface area contributed by atoms with Gasteiger partial charge in [-0.1, -0.05) is 26.5 Å². The summed E-state index contributed by atoms with van der Waals surface area (Å²) in [6.07, 6.45) is 17.4. The molecule has 1 aliphatic heterocycles. The molecule has 0 spiro atoms. The van der Waals surface area contributed by atoms with E-state index in [-0.39, 0.29) is 5.82 Å². The standard InChI is InChI=1S/C21H26FN7.C2H6.C2H2/c1-4-16-13-25-27-11-8-20(26-21(16)27)29-10-5-9-28(29)19-12-17(22)14-24-18(19)7-6-15(2)23-3;2*1-2/h4,8,11-15,23H,1,5-7,9-10H2,2-3H3;1-2H3;1-2H. The number of hydrogen-bond acceptors (Lipinski definition) is 6. The first-order valence-electron chi connectivity index (χ1n) is 11.3. The third kappa shape index (κ3) is 5.88. The second-order valence-corrected chi connectivity index (χ2v) is 7.31. The number of halogens is 1. The Morgan fingerprint density at radius 1 is 1.24 bits per heavy atom. The molecule has 1 unspecified atom stereocenters. The minimum atomic E-state index is -0.328. The number of aryl methyl sites for hydroxylation is 1. The second kappa shape index (κ2) is 12.6. The van der Waals surface area contributed by atoms with E-state index < -0.39 is 0 Å². The predicted molar refractivity (Wildman–Crippen MR) is 135 cm³/mol. The van der Waals surface area contributed by atoms with Gasteiger partial charge in [0, 0.05) is 43.0 Å². The van der Waals surface area contributed by atoms with Gasteiger partial charge in [0.1, 0.15) is 5.82 Å². The highest BCUT2D eigenvalue weighted by Crippen LogP contribution is 2.30. The largest absolute Gasteiger partial charge is 0.317 e. The molecule has 0 aliphatic carbocycles. The number of fused-ring (bicyclic) bond motifs is 1. The number of hydrogen-bond donors (Lipinski definition) is 1. The van der Waals surface area contributed by atoms with Gasteiger partial charge in [-0.05, 0) is 33.2 Å². The van der Waals surface area contributed by atoms with Gasteiger partial charge < -0.3 is 5.32 Å². The number of rotatable bonds is 7. The highest BCUT2D eigenvalue weighted by molar-refractivity contribution is 5.67. The van der Waals surface area contributed by atoms with E-state index in [0.717, 1.165) is 60.8 Å². The fraction of sp³-hybridized carbons (Fsp3) is 0.400. The lowest BCUT2D eigenvalue weighted by atomic mass is 10.1. The number of pyridine rings is 1. The molecule has 176 valence electrons. The Morgan fingerprint density at radius 2 is 1.97 bits per heavy atom. The first-order valence-corrected chi connectivity index (χ1v) is 11.3. The lowest BCUT2D eigenvalue weighted by Gasteiger charge is -2.32. The maximum absolute atomic E-state index is 14.1. The van der Waals surface area contributed by atoms with Crippen LogP contribution >= 0.6 is 0 Å². The zero-order chi connectivity index (χ0) is 24.4. The van der Waals surface area contributed by atoms with Crippen molar-refractivity contribution < 1.29 is 4.39 Å². The van der Waals surface area contributed by atoms with E-state index in [2.05, 4.69) is 51.8 Å². The van der Waals surface area contributed by atoms with Gasteiger partial charge >= 0.3 is 0 Å². The maximum Gasteiger partial charge on any atom is 0.164 e. The Labute approximate surface area is 196 Å². The zero-order valence-electron chi connectivity index (χ0n) is 20.0. The van der Waals surface area contributed by atoms with E-state index in [4.69, 9.17) is 4.98 Å². The van der Waals surface area contributed by atoms with Crippen molar-refractivity contribution in [1.82, 2.24) is 24.9 Å². The summed E-state index contributed by atoms with van der Waals surface area (Å²) >= 11 is 0. The topological polar surface area (TPSA) is 61.6 Å². The third-order valence-electron chi connectivity index (χ3n) is 5.40. The van der Waals surface area contributed by atoms with Crippen LogP contribution in [0.15, 0.2) is 37.3 Å². The van der Waals surface area contributed by atoms with Gasteiger partial charge in [-0.3, -0.25) is 15.0 Å². The Hall–Kier alpha value is -3.44. The van der Waals surface area contributed by atoms with Crippen molar-refractivity contribution in [3.8, 4) is 12.8 Å². The lowest BCUT2D eigenvalue weighted by molar-refractivity contribution is 0.558. The van der Waals surface area contributed by atoms with E-state index in [1.165, 1.54) is 6.20 Å². The first kappa shape index (κ1) is 25.8. The van der Waals surface area contributed by atoms with Crippen LogP contribution in [0, 0.1) is 18.7 Å². The fourth-order valence-corrected chi connectivity index (χ4v) is 3.64. The van der Waals surface area contributed by atoms with Crippen molar-refractivity contribution in [2.45, 2.75) is 46.1 Å². The van der Waals surface area contributed by atoms with Gasteiger partial charge in [-0.2, -0.15) is 5.10 Å². The number of hydrazine groups is 1. The molecule has 1 atom stereocenters. The molecule has 1 fully saturated rings. The Kier molecular flexibility index (Phi) is 9.83. The number of aromatic nitrogens is 4. The molecule has 3 aromatic rings. The Morgan fingerprint density at radius 3 is 2.67 bits per heavy atom. The van der Waals surface area contributed by atoms with Gasteiger partial charge in [0.15, 0.2) is 11.5 Å². The molecule has 0 amide bonds. The molecule has 4 rings (SSSR count). The van der Waals surface area contributed by atoms with Crippen LogP contribution in [0.4, 0.5) is 15.9 Å². The molecule has 0 saturated carbocycles. The van der Waals surface area contributed by atoms with Crippen molar-refractivity contribution >= 4 is 23.2 Å². The third-order valence-corrected chi connectivity index (χ3v) is 5.40. The van der Waals surface area contributed by atoms with Crippen LogP contribution in [0.2, 0.25) is 0 Å². The highest BCUT2D eigenvalue weighted by atomic mass is 19.1. The minimum absolute atomic E-state index is 0.328. The van der Waals surface area contributed by atoms with Crippen LogP contribution in [-0.4, -0.2) is 45.8 Å². The summed E-state index contributed by atoms with van der Waals surface area (Å²) < 4.78 is 15.8. The summed E-state index contributed by atoms with van der Waals surface area (Å²) in [5, 5.41) is 11.7. The molecular formula is C25H34FN7. The predicted octanol–water partition coefficient (Wildman–Crippen LogP) is 4.35. The van der Waals surface area contributed by atoms with Crippen LogP contribution < -0.4 is 15.3 Å².